The van der Waals surface area contributed by atoms with Crippen molar-refractivity contribution in [2.75, 3.05) is 6.54 Å². The van der Waals surface area contributed by atoms with E-state index in [-0.39, 0.29) is 0 Å². The van der Waals surface area contributed by atoms with E-state index in [1.54, 1.807) is 10.9 Å². The molecule has 7 nitrogen and oxygen atoms in total. The summed E-state index contributed by atoms with van der Waals surface area (Å²) >= 11 is 0. The summed E-state index contributed by atoms with van der Waals surface area (Å²) in [5, 5.41) is 12.1. The average Bonchev–Trinajstić information content (AvgIpc) is 3.08. The number of nitrogens with two attached hydrogens (primary N) is 1. The Morgan fingerprint density at radius 3 is 2.90 bits per heavy atom. The van der Waals surface area contributed by atoms with Gasteiger partial charge in [0, 0.05) is 12.5 Å². The van der Waals surface area contributed by atoms with Gasteiger partial charge in [-0.25, -0.2) is 0 Å². The topological polar surface area (TPSA) is 95.7 Å². The van der Waals surface area contributed by atoms with Gasteiger partial charge in [0.1, 0.15) is 0 Å². The summed E-state index contributed by atoms with van der Waals surface area (Å²) < 4.78 is 7.00. The molecule has 0 amide bonds. The van der Waals surface area contributed by atoms with Gasteiger partial charge in [-0.1, -0.05) is 30.1 Å². The van der Waals surface area contributed by atoms with Crippen molar-refractivity contribution in [2.45, 2.75) is 45.1 Å². The van der Waals surface area contributed by atoms with Crippen LogP contribution < -0.4 is 5.73 Å². The third kappa shape index (κ3) is 2.72. The molecule has 0 atom stereocenters. The van der Waals surface area contributed by atoms with Crippen molar-refractivity contribution < 1.29 is 4.52 Å². The van der Waals surface area contributed by atoms with Crippen LogP contribution in [0.1, 0.15) is 44.3 Å². The number of rotatable bonds is 4. The Balaban J connectivity index is 1.72. The monoisotopic (exact) mass is 276 g/mol. The maximum absolute atomic E-state index is 5.48. The van der Waals surface area contributed by atoms with Crippen LogP contribution >= 0.6 is 0 Å². The molecule has 2 aromatic rings. The molecule has 1 aliphatic carbocycles. The van der Waals surface area contributed by atoms with Gasteiger partial charge in [0.2, 0.25) is 0 Å². The number of aromatic nitrogens is 5. The van der Waals surface area contributed by atoms with Crippen LogP contribution in [0.4, 0.5) is 0 Å². The van der Waals surface area contributed by atoms with Gasteiger partial charge >= 0.3 is 0 Å². The number of nitrogens with zero attached hydrogens (tertiary/aromatic N) is 5. The van der Waals surface area contributed by atoms with E-state index in [0.29, 0.717) is 30.6 Å². The lowest BCUT2D eigenvalue weighted by molar-refractivity contribution is 0.329. The lowest BCUT2D eigenvalue weighted by Gasteiger charge is -2.23. The molecule has 2 aromatic heterocycles. The Bertz CT molecular complexity index is 555. The molecule has 0 saturated heterocycles. The molecular weight excluding hydrogens is 256 g/mol. The van der Waals surface area contributed by atoms with E-state index in [9.17, 15) is 0 Å². The largest absolute Gasteiger partial charge is 0.332 e. The Hall–Kier alpha value is -1.76. The van der Waals surface area contributed by atoms with Crippen molar-refractivity contribution in [2.24, 2.45) is 11.7 Å². The van der Waals surface area contributed by atoms with Gasteiger partial charge in [-0.15, -0.1) is 5.10 Å². The zero-order valence-corrected chi connectivity index (χ0v) is 11.7. The van der Waals surface area contributed by atoms with Crippen LogP contribution in [0.3, 0.4) is 0 Å². The van der Waals surface area contributed by atoms with E-state index in [1.165, 1.54) is 12.8 Å². The maximum atomic E-state index is 5.48. The second-order valence-electron chi connectivity index (χ2n) is 5.57. The maximum Gasteiger partial charge on any atom is 0.280 e. The molecule has 1 saturated carbocycles. The van der Waals surface area contributed by atoms with Crippen LogP contribution in [0.25, 0.3) is 11.6 Å². The first-order valence-corrected chi connectivity index (χ1v) is 7.20. The van der Waals surface area contributed by atoms with Crippen molar-refractivity contribution in [3.05, 3.63) is 12.0 Å². The summed E-state index contributed by atoms with van der Waals surface area (Å²) in [7, 11) is 0. The van der Waals surface area contributed by atoms with Crippen molar-refractivity contribution >= 4 is 0 Å². The molecule has 1 fully saturated rings. The lowest BCUT2D eigenvalue weighted by Crippen LogP contribution is -2.11. The molecule has 7 heteroatoms. The normalized spacial score (nSPS) is 23.1. The minimum absolute atomic E-state index is 0.419. The van der Waals surface area contributed by atoms with E-state index in [0.717, 1.165) is 24.6 Å². The SMILES string of the molecule is CC1CCC(c2noc(-c3cn(CCN)nn3)n2)CC1. The molecular formula is C13H20N6O. The Kier molecular flexibility index (Phi) is 3.77. The highest BCUT2D eigenvalue weighted by Gasteiger charge is 2.24. The fourth-order valence-electron chi connectivity index (χ4n) is 2.66. The highest BCUT2D eigenvalue weighted by molar-refractivity contribution is 5.43. The molecule has 0 aliphatic heterocycles. The standard InChI is InChI=1S/C13H20N6O/c1-9-2-4-10(5-3-9)12-15-13(20-17-12)11-8-19(7-6-14)18-16-11/h8-10H,2-7,14H2,1H3. The van der Waals surface area contributed by atoms with Crippen LogP contribution in [0.5, 0.6) is 0 Å². The van der Waals surface area contributed by atoms with Gasteiger partial charge < -0.3 is 10.3 Å². The van der Waals surface area contributed by atoms with E-state index in [1.807, 2.05) is 0 Å². The van der Waals surface area contributed by atoms with Crippen LogP contribution in [-0.2, 0) is 6.54 Å². The van der Waals surface area contributed by atoms with E-state index in [2.05, 4.69) is 27.4 Å². The first kappa shape index (κ1) is 13.2. The third-order valence-corrected chi connectivity index (χ3v) is 3.94. The number of hydrogen-bond donors (Lipinski definition) is 1. The molecule has 0 radical (unpaired) electrons. The van der Waals surface area contributed by atoms with Crippen molar-refractivity contribution in [3.8, 4) is 11.6 Å². The van der Waals surface area contributed by atoms with Crippen LogP contribution in [0, 0.1) is 5.92 Å². The Morgan fingerprint density at radius 1 is 1.35 bits per heavy atom. The molecule has 3 rings (SSSR count). The quantitative estimate of drug-likeness (QED) is 0.910. The van der Waals surface area contributed by atoms with E-state index >= 15 is 0 Å². The predicted molar refractivity (Wildman–Crippen MR) is 72.7 cm³/mol. The molecule has 0 bridgehead atoms. The van der Waals surface area contributed by atoms with Crippen molar-refractivity contribution in [3.63, 3.8) is 0 Å². The molecule has 2 heterocycles. The summed E-state index contributed by atoms with van der Waals surface area (Å²) in [5.41, 5.74) is 6.09. The zero-order chi connectivity index (χ0) is 13.9. The highest BCUT2D eigenvalue weighted by atomic mass is 16.5. The minimum Gasteiger partial charge on any atom is -0.332 e. The molecule has 2 N–H and O–H groups in total. The summed E-state index contributed by atoms with van der Waals surface area (Å²) in [6, 6.07) is 0. The van der Waals surface area contributed by atoms with Crippen molar-refractivity contribution in [1.82, 2.24) is 25.1 Å². The van der Waals surface area contributed by atoms with Crippen LogP contribution in [0.2, 0.25) is 0 Å². The smallest absolute Gasteiger partial charge is 0.280 e. The molecule has 0 aromatic carbocycles. The van der Waals surface area contributed by atoms with E-state index in [4.69, 9.17) is 10.3 Å². The van der Waals surface area contributed by atoms with Gasteiger partial charge in [0.05, 0.1) is 12.7 Å². The van der Waals surface area contributed by atoms with Crippen LogP contribution in [-0.4, -0.2) is 31.7 Å². The first-order valence-electron chi connectivity index (χ1n) is 7.20. The second-order valence-corrected chi connectivity index (χ2v) is 5.57. The van der Waals surface area contributed by atoms with Crippen LogP contribution in [0.15, 0.2) is 10.7 Å². The summed E-state index contributed by atoms with van der Waals surface area (Å²) in [6.07, 6.45) is 6.54. The van der Waals surface area contributed by atoms with Gasteiger partial charge in [-0.3, -0.25) is 4.68 Å². The average molecular weight is 276 g/mol. The van der Waals surface area contributed by atoms with Crippen molar-refractivity contribution in [1.29, 1.82) is 0 Å². The third-order valence-electron chi connectivity index (χ3n) is 3.94. The second kappa shape index (κ2) is 5.70. The van der Waals surface area contributed by atoms with Gasteiger partial charge in [0.25, 0.3) is 5.89 Å². The molecule has 108 valence electrons. The molecule has 20 heavy (non-hydrogen) atoms. The fourth-order valence-corrected chi connectivity index (χ4v) is 2.66. The summed E-state index contributed by atoms with van der Waals surface area (Å²) in [5.74, 6) is 2.48. The Morgan fingerprint density at radius 2 is 2.15 bits per heavy atom. The fraction of sp³-hybridized carbons (Fsp3) is 0.692. The zero-order valence-electron chi connectivity index (χ0n) is 11.7. The molecule has 0 spiro atoms. The number of hydrogen-bond acceptors (Lipinski definition) is 6. The summed E-state index contributed by atoms with van der Waals surface area (Å²) in [4.78, 5) is 4.48. The highest BCUT2D eigenvalue weighted by Crippen LogP contribution is 2.34. The van der Waals surface area contributed by atoms with Gasteiger partial charge in [-0.2, -0.15) is 4.98 Å². The minimum atomic E-state index is 0.419. The lowest BCUT2D eigenvalue weighted by atomic mass is 9.83. The predicted octanol–water partition coefficient (Wildman–Crippen LogP) is 1.58. The summed E-state index contributed by atoms with van der Waals surface area (Å²) in [6.45, 7) is 3.46. The molecule has 0 unspecified atom stereocenters. The van der Waals surface area contributed by atoms with E-state index < -0.39 is 0 Å². The van der Waals surface area contributed by atoms with Gasteiger partial charge in [0.15, 0.2) is 11.5 Å². The first-order chi connectivity index (χ1) is 9.76. The Labute approximate surface area is 117 Å². The van der Waals surface area contributed by atoms with Gasteiger partial charge in [-0.05, 0) is 18.8 Å². The molecule has 1 aliphatic rings.